The standard InChI is InChI=1S/C19H25FO5/c1-5-24-16(22)13-19(20,17(23)25-18(2,3)4)15(21)12-11-14-9-7-6-8-10-14/h6-10H,5,11-13H2,1-4H3. The molecule has 5 nitrogen and oxygen atoms in total. The van der Waals surface area contributed by atoms with Crippen molar-refractivity contribution in [3.8, 4) is 0 Å². The van der Waals surface area contributed by atoms with E-state index >= 15 is 4.39 Å². The Hall–Kier alpha value is -2.24. The number of carbonyl (C=O) groups excluding carboxylic acids is 3. The quantitative estimate of drug-likeness (QED) is 0.531. The molecule has 1 aromatic carbocycles. The number of Topliss-reactive ketones (excluding diaryl/α,β-unsaturated/α-hetero) is 1. The molecular formula is C19H25FO5. The predicted octanol–water partition coefficient (Wildman–Crippen LogP) is 3.19. The van der Waals surface area contributed by atoms with Crippen LogP contribution in [0.4, 0.5) is 4.39 Å². The third kappa shape index (κ3) is 6.64. The average molecular weight is 352 g/mol. The molecule has 0 heterocycles. The fourth-order valence-electron chi connectivity index (χ4n) is 2.16. The van der Waals surface area contributed by atoms with Gasteiger partial charge in [-0.1, -0.05) is 30.3 Å². The van der Waals surface area contributed by atoms with Crippen LogP contribution in [0, 0.1) is 0 Å². The zero-order valence-electron chi connectivity index (χ0n) is 15.1. The zero-order valence-corrected chi connectivity index (χ0v) is 15.1. The third-order valence-corrected chi connectivity index (χ3v) is 3.34. The van der Waals surface area contributed by atoms with Gasteiger partial charge < -0.3 is 9.47 Å². The Morgan fingerprint density at radius 3 is 2.20 bits per heavy atom. The summed E-state index contributed by atoms with van der Waals surface area (Å²) in [6.45, 7) is 6.27. The number of benzene rings is 1. The van der Waals surface area contributed by atoms with Crippen molar-refractivity contribution in [2.24, 2.45) is 0 Å². The molecule has 0 aliphatic heterocycles. The maximum atomic E-state index is 15.3. The van der Waals surface area contributed by atoms with Crippen LogP contribution < -0.4 is 0 Å². The number of esters is 2. The maximum Gasteiger partial charge on any atom is 0.352 e. The van der Waals surface area contributed by atoms with E-state index in [-0.39, 0.29) is 19.4 Å². The van der Waals surface area contributed by atoms with Crippen LogP contribution in [-0.2, 0) is 30.3 Å². The molecule has 1 atom stereocenters. The van der Waals surface area contributed by atoms with Gasteiger partial charge in [0.1, 0.15) is 5.60 Å². The van der Waals surface area contributed by atoms with E-state index in [0.29, 0.717) is 0 Å². The fourth-order valence-corrected chi connectivity index (χ4v) is 2.16. The molecule has 1 unspecified atom stereocenters. The van der Waals surface area contributed by atoms with Crippen LogP contribution in [0.5, 0.6) is 0 Å². The highest BCUT2D eigenvalue weighted by Gasteiger charge is 2.50. The highest BCUT2D eigenvalue weighted by atomic mass is 19.1. The van der Waals surface area contributed by atoms with Gasteiger partial charge in [-0.25, -0.2) is 9.18 Å². The number of carbonyl (C=O) groups is 3. The summed E-state index contributed by atoms with van der Waals surface area (Å²) in [7, 11) is 0. The highest BCUT2D eigenvalue weighted by Crippen LogP contribution is 2.26. The molecule has 0 bridgehead atoms. The van der Waals surface area contributed by atoms with Crippen LogP contribution in [-0.4, -0.2) is 35.6 Å². The van der Waals surface area contributed by atoms with Gasteiger partial charge in [-0.05, 0) is 39.7 Å². The van der Waals surface area contributed by atoms with Crippen molar-refractivity contribution in [1.82, 2.24) is 0 Å². The molecule has 25 heavy (non-hydrogen) atoms. The van der Waals surface area contributed by atoms with E-state index in [1.54, 1.807) is 52.0 Å². The van der Waals surface area contributed by atoms with Gasteiger partial charge in [-0.2, -0.15) is 0 Å². The van der Waals surface area contributed by atoms with Crippen LogP contribution in [0.15, 0.2) is 30.3 Å². The molecule has 0 aliphatic carbocycles. The molecule has 0 aromatic heterocycles. The first-order valence-electron chi connectivity index (χ1n) is 8.23. The average Bonchev–Trinajstić information content (AvgIpc) is 2.51. The highest BCUT2D eigenvalue weighted by molar-refractivity contribution is 6.09. The van der Waals surface area contributed by atoms with Gasteiger partial charge in [-0.15, -0.1) is 0 Å². The van der Waals surface area contributed by atoms with Crippen molar-refractivity contribution in [2.75, 3.05) is 6.61 Å². The smallest absolute Gasteiger partial charge is 0.352 e. The maximum absolute atomic E-state index is 15.3. The van der Waals surface area contributed by atoms with E-state index in [0.717, 1.165) is 5.56 Å². The van der Waals surface area contributed by atoms with E-state index in [1.165, 1.54) is 0 Å². The molecule has 138 valence electrons. The van der Waals surface area contributed by atoms with E-state index in [2.05, 4.69) is 0 Å². The van der Waals surface area contributed by atoms with E-state index in [9.17, 15) is 14.4 Å². The van der Waals surface area contributed by atoms with Crippen molar-refractivity contribution >= 4 is 17.7 Å². The van der Waals surface area contributed by atoms with Gasteiger partial charge in [0.15, 0.2) is 5.78 Å². The molecular weight excluding hydrogens is 327 g/mol. The zero-order chi connectivity index (χ0) is 19.1. The Balaban J connectivity index is 2.93. The summed E-state index contributed by atoms with van der Waals surface area (Å²) >= 11 is 0. The molecule has 0 saturated carbocycles. The van der Waals surface area contributed by atoms with E-state index < -0.39 is 35.4 Å². The minimum atomic E-state index is -3.05. The fraction of sp³-hybridized carbons (Fsp3) is 0.526. The number of hydrogen-bond acceptors (Lipinski definition) is 5. The summed E-state index contributed by atoms with van der Waals surface area (Å²) in [6, 6.07) is 9.02. The predicted molar refractivity (Wildman–Crippen MR) is 90.7 cm³/mol. The Morgan fingerprint density at radius 1 is 1.08 bits per heavy atom. The first-order chi connectivity index (χ1) is 11.6. The number of halogens is 1. The first kappa shape index (κ1) is 20.8. The van der Waals surface area contributed by atoms with Gasteiger partial charge in [0.25, 0.3) is 5.67 Å². The number of ketones is 1. The summed E-state index contributed by atoms with van der Waals surface area (Å²) < 4.78 is 25.0. The Morgan fingerprint density at radius 2 is 1.68 bits per heavy atom. The minimum Gasteiger partial charge on any atom is -0.466 e. The Bertz CT molecular complexity index is 606. The monoisotopic (exact) mass is 352 g/mol. The van der Waals surface area contributed by atoms with Crippen LogP contribution in [0.2, 0.25) is 0 Å². The second-order valence-electron chi connectivity index (χ2n) is 6.69. The number of ether oxygens (including phenoxy) is 2. The topological polar surface area (TPSA) is 69.7 Å². The summed E-state index contributed by atoms with van der Waals surface area (Å²) in [5.74, 6) is -3.30. The van der Waals surface area contributed by atoms with Crippen LogP contribution in [0.3, 0.4) is 0 Å². The van der Waals surface area contributed by atoms with E-state index in [4.69, 9.17) is 9.47 Å². The van der Waals surface area contributed by atoms with Crippen LogP contribution in [0.1, 0.15) is 46.1 Å². The lowest BCUT2D eigenvalue weighted by Gasteiger charge is -2.27. The second kappa shape index (κ2) is 8.74. The van der Waals surface area contributed by atoms with Crippen molar-refractivity contribution in [1.29, 1.82) is 0 Å². The van der Waals surface area contributed by atoms with Crippen LogP contribution in [0.25, 0.3) is 0 Å². The number of rotatable bonds is 8. The molecule has 0 fully saturated rings. The SMILES string of the molecule is CCOC(=O)CC(F)(C(=O)CCc1ccccc1)C(=O)OC(C)(C)C. The molecule has 1 rings (SSSR count). The lowest BCUT2D eigenvalue weighted by Crippen LogP contribution is -2.48. The lowest BCUT2D eigenvalue weighted by atomic mass is 9.91. The van der Waals surface area contributed by atoms with Crippen molar-refractivity contribution < 1.29 is 28.2 Å². The third-order valence-electron chi connectivity index (χ3n) is 3.34. The molecule has 0 saturated heterocycles. The number of alkyl halides is 1. The largest absolute Gasteiger partial charge is 0.466 e. The molecule has 0 aliphatic rings. The lowest BCUT2D eigenvalue weighted by molar-refractivity contribution is -0.177. The van der Waals surface area contributed by atoms with Gasteiger partial charge >= 0.3 is 11.9 Å². The van der Waals surface area contributed by atoms with Crippen molar-refractivity contribution in [3.05, 3.63) is 35.9 Å². The van der Waals surface area contributed by atoms with Gasteiger partial charge in [-0.3, -0.25) is 9.59 Å². The van der Waals surface area contributed by atoms with Crippen molar-refractivity contribution in [2.45, 2.75) is 58.2 Å². The number of aryl methyl sites for hydroxylation is 1. The summed E-state index contributed by atoms with van der Waals surface area (Å²) in [6.07, 6.45) is -0.945. The summed E-state index contributed by atoms with van der Waals surface area (Å²) in [5, 5.41) is 0. The second-order valence-corrected chi connectivity index (χ2v) is 6.69. The molecule has 1 aromatic rings. The minimum absolute atomic E-state index is 0.0292. The van der Waals surface area contributed by atoms with Gasteiger partial charge in [0, 0.05) is 6.42 Å². The molecule has 6 heteroatoms. The summed E-state index contributed by atoms with van der Waals surface area (Å²) in [4.78, 5) is 36.4. The first-order valence-corrected chi connectivity index (χ1v) is 8.23. The molecule has 0 amide bonds. The normalized spacial score (nSPS) is 13.6. The van der Waals surface area contributed by atoms with Crippen LogP contribution >= 0.6 is 0 Å². The molecule has 0 radical (unpaired) electrons. The molecule has 0 spiro atoms. The number of hydrogen-bond donors (Lipinski definition) is 0. The Kier molecular flexibility index (Phi) is 7.27. The molecule has 0 N–H and O–H groups in total. The van der Waals surface area contributed by atoms with E-state index in [1.807, 2.05) is 6.07 Å². The summed E-state index contributed by atoms with van der Waals surface area (Å²) in [5.41, 5.74) is -3.20. The van der Waals surface area contributed by atoms with Crippen molar-refractivity contribution in [3.63, 3.8) is 0 Å². The van der Waals surface area contributed by atoms with Gasteiger partial charge in [0.2, 0.25) is 0 Å². The Labute approximate surface area is 147 Å². The van der Waals surface area contributed by atoms with Gasteiger partial charge in [0.05, 0.1) is 13.0 Å².